The molecule has 1 aliphatic rings. The monoisotopic (exact) mass is 174 g/mol. The molecule has 0 unspecified atom stereocenters. The van der Waals surface area contributed by atoms with E-state index in [9.17, 15) is 4.79 Å². The molecule has 1 fully saturated rings. The average molecular weight is 174 g/mol. The second-order valence-electron chi connectivity index (χ2n) is 2.97. The average Bonchev–Trinajstić information content (AvgIpc) is 2.05. The van der Waals surface area contributed by atoms with Gasteiger partial charge in [0.1, 0.15) is 0 Å². The number of aliphatic hydroxyl groups is 1. The summed E-state index contributed by atoms with van der Waals surface area (Å²) in [6.07, 6.45) is 0.936. The highest BCUT2D eigenvalue weighted by atomic mass is 16.7. The zero-order chi connectivity index (χ0) is 8.97. The number of aliphatic hydroxyl groups excluding tert-OH is 1. The number of nitrogens with zero attached hydrogens (tertiary/aromatic N) is 1. The van der Waals surface area contributed by atoms with E-state index in [0.29, 0.717) is 19.0 Å². The molecule has 0 aliphatic carbocycles. The van der Waals surface area contributed by atoms with Gasteiger partial charge >= 0.3 is 6.09 Å². The van der Waals surface area contributed by atoms with Crippen LogP contribution in [0.3, 0.4) is 0 Å². The van der Waals surface area contributed by atoms with Crippen LogP contribution >= 0.6 is 0 Å². The second-order valence-corrected chi connectivity index (χ2v) is 2.97. The van der Waals surface area contributed by atoms with Gasteiger partial charge in [0.15, 0.2) is 0 Å². The van der Waals surface area contributed by atoms with Crippen molar-refractivity contribution in [3.63, 3.8) is 0 Å². The number of nitrogens with two attached hydrogens (primary N) is 1. The Morgan fingerprint density at radius 1 is 1.58 bits per heavy atom. The van der Waals surface area contributed by atoms with Crippen molar-refractivity contribution in [2.75, 3.05) is 19.7 Å². The summed E-state index contributed by atoms with van der Waals surface area (Å²) in [5.74, 6) is 0.345. The molecule has 70 valence electrons. The van der Waals surface area contributed by atoms with Crippen LogP contribution in [-0.2, 0) is 4.84 Å². The molecule has 5 heteroatoms. The summed E-state index contributed by atoms with van der Waals surface area (Å²) >= 11 is 0. The number of carbonyl (C=O) groups excluding carboxylic acids is 1. The molecule has 0 saturated carbocycles. The number of carbonyl (C=O) groups is 1. The van der Waals surface area contributed by atoms with E-state index in [-0.39, 0.29) is 6.61 Å². The lowest BCUT2D eigenvalue weighted by Gasteiger charge is -2.28. The van der Waals surface area contributed by atoms with Gasteiger partial charge in [-0.25, -0.2) is 4.79 Å². The Balaban J connectivity index is 2.21. The maximum Gasteiger partial charge on any atom is 0.423 e. The number of hydroxylamine groups is 2. The van der Waals surface area contributed by atoms with E-state index in [1.165, 1.54) is 5.06 Å². The molecule has 12 heavy (non-hydrogen) atoms. The van der Waals surface area contributed by atoms with Crippen LogP contribution in [0, 0.1) is 5.92 Å². The van der Waals surface area contributed by atoms with Crippen molar-refractivity contribution in [3.05, 3.63) is 0 Å². The van der Waals surface area contributed by atoms with Crippen molar-refractivity contribution in [1.29, 1.82) is 0 Å². The fraction of sp³-hybridized carbons (Fsp3) is 0.857. The summed E-state index contributed by atoms with van der Waals surface area (Å²) in [6, 6.07) is 0. The molecule has 1 amide bonds. The molecule has 1 saturated heterocycles. The summed E-state index contributed by atoms with van der Waals surface area (Å²) in [4.78, 5) is 15.0. The molecule has 3 N–H and O–H groups in total. The van der Waals surface area contributed by atoms with Crippen LogP contribution in [-0.4, -0.2) is 36.0 Å². The van der Waals surface area contributed by atoms with Gasteiger partial charge in [-0.2, -0.15) is 0 Å². The Morgan fingerprint density at radius 3 is 2.58 bits per heavy atom. The van der Waals surface area contributed by atoms with Crippen LogP contribution in [0.1, 0.15) is 12.8 Å². The highest BCUT2D eigenvalue weighted by Gasteiger charge is 2.20. The smallest absolute Gasteiger partial charge is 0.396 e. The van der Waals surface area contributed by atoms with E-state index in [1.54, 1.807) is 0 Å². The van der Waals surface area contributed by atoms with Gasteiger partial charge in [-0.15, -0.1) is 5.06 Å². The fourth-order valence-electron chi connectivity index (χ4n) is 1.31. The molecule has 0 bridgehead atoms. The Labute approximate surface area is 71.0 Å². The maximum absolute atomic E-state index is 10.3. The minimum absolute atomic E-state index is 0.213. The molecule has 1 heterocycles. The Bertz CT molecular complexity index is 155. The van der Waals surface area contributed by atoms with Crippen LogP contribution in [0.4, 0.5) is 4.79 Å². The third kappa shape index (κ3) is 2.67. The van der Waals surface area contributed by atoms with Gasteiger partial charge in [0.25, 0.3) is 0 Å². The molecule has 1 rings (SSSR count). The lowest BCUT2D eigenvalue weighted by atomic mass is 9.99. The van der Waals surface area contributed by atoms with E-state index in [2.05, 4.69) is 4.84 Å². The summed E-state index contributed by atoms with van der Waals surface area (Å²) in [5, 5.41) is 10.3. The normalized spacial score (nSPS) is 20.8. The standard InChI is InChI=1S/C7H14N2O3/c8-7(11)12-9-3-1-6(5-10)2-4-9/h6,10H,1-5H2,(H2,8,11). The molecule has 0 atom stereocenters. The SMILES string of the molecule is NC(=O)ON1CCC(CO)CC1. The predicted molar refractivity (Wildman–Crippen MR) is 42.1 cm³/mol. The summed E-state index contributed by atoms with van der Waals surface area (Å²) in [6.45, 7) is 1.53. The third-order valence-electron chi connectivity index (χ3n) is 2.05. The topological polar surface area (TPSA) is 75.8 Å². The zero-order valence-electron chi connectivity index (χ0n) is 6.90. The van der Waals surface area contributed by atoms with E-state index in [1.807, 2.05) is 0 Å². The van der Waals surface area contributed by atoms with E-state index in [4.69, 9.17) is 10.8 Å². The largest absolute Gasteiger partial charge is 0.423 e. The molecule has 0 spiro atoms. The van der Waals surface area contributed by atoms with E-state index in [0.717, 1.165) is 12.8 Å². The first-order valence-corrected chi connectivity index (χ1v) is 4.05. The highest BCUT2D eigenvalue weighted by molar-refractivity contribution is 5.64. The van der Waals surface area contributed by atoms with Gasteiger partial charge in [-0.05, 0) is 18.8 Å². The molecular formula is C7H14N2O3. The molecule has 1 aliphatic heterocycles. The van der Waals surface area contributed by atoms with Gasteiger partial charge in [0.05, 0.1) is 0 Å². The van der Waals surface area contributed by atoms with Crippen molar-refractivity contribution in [1.82, 2.24) is 5.06 Å². The summed E-state index contributed by atoms with van der Waals surface area (Å²) in [7, 11) is 0. The molecule has 0 aromatic rings. The number of rotatable bonds is 2. The van der Waals surface area contributed by atoms with Gasteiger partial charge < -0.3 is 15.7 Å². The zero-order valence-corrected chi connectivity index (χ0v) is 6.90. The minimum atomic E-state index is -0.766. The minimum Gasteiger partial charge on any atom is -0.396 e. The molecule has 0 radical (unpaired) electrons. The Hall–Kier alpha value is -0.810. The summed E-state index contributed by atoms with van der Waals surface area (Å²) < 4.78 is 0. The fourth-order valence-corrected chi connectivity index (χ4v) is 1.31. The summed E-state index contributed by atoms with van der Waals surface area (Å²) in [5.41, 5.74) is 4.84. The van der Waals surface area contributed by atoms with E-state index < -0.39 is 6.09 Å². The van der Waals surface area contributed by atoms with Crippen LogP contribution in [0.15, 0.2) is 0 Å². The van der Waals surface area contributed by atoms with Crippen LogP contribution in [0.2, 0.25) is 0 Å². The van der Waals surface area contributed by atoms with Gasteiger partial charge in [-0.3, -0.25) is 0 Å². The van der Waals surface area contributed by atoms with Crippen LogP contribution in [0.25, 0.3) is 0 Å². The number of piperidine rings is 1. The Kier molecular flexibility index (Phi) is 3.31. The third-order valence-corrected chi connectivity index (χ3v) is 2.05. The highest BCUT2D eigenvalue weighted by Crippen LogP contribution is 2.15. The molecule has 0 aromatic heterocycles. The maximum atomic E-state index is 10.3. The lowest BCUT2D eigenvalue weighted by molar-refractivity contribution is -0.117. The number of hydrogen-bond donors (Lipinski definition) is 2. The predicted octanol–water partition coefficient (Wildman–Crippen LogP) is -0.299. The van der Waals surface area contributed by atoms with Crippen molar-refractivity contribution in [3.8, 4) is 0 Å². The quantitative estimate of drug-likeness (QED) is 0.602. The number of amides is 1. The molecular weight excluding hydrogens is 160 g/mol. The van der Waals surface area contributed by atoms with Crippen molar-refractivity contribution in [2.24, 2.45) is 11.7 Å². The first-order chi connectivity index (χ1) is 5.72. The first-order valence-electron chi connectivity index (χ1n) is 4.05. The second kappa shape index (κ2) is 4.27. The molecule has 0 aromatic carbocycles. The molecule has 5 nitrogen and oxygen atoms in total. The van der Waals surface area contributed by atoms with Crippen molar-refractivity contribution < 1.29 is 14.7 Å². The first kappa shape index (κ1) is 9.28. The van der Waals surface area contributed by atoms with Gasteiger partial charge in [0, 0.05) is 19.7 Å². The van der Waals surface area contributed by atoms with Gasteiger partial charge in [-0.1, -0.05) is 0 Å². The van der Waals surface area contributed by atoms with E-state index >= 15 is 0 Å². The Morgan fingerprint density at radius 2 is 2.17 bits per heavy atom. The van der Waals surface area contributed by atoms with Crippen LogP contribution < -0.4 is 5.73 Å². The number of hydrogen-bond acceptors (Lipinski definition) is 4. The number of primary amides is 1. The van der Waals surface area contributed by atoms with Crippen LogP contribution in [0.5, 0.6) is 0 Å². The van der Waals surface area contributed by atoms with Gasteiger partial charge in [0.2, 0.25) is 0 Å². The van der Waals surface area contributed by atoms with Crippen molar-refractivity contribution in [2.45, 2.75) is 12.8 Å². The lowest BCUT2D eigenvalue weighted by Crippen LogP contribution is -2.37. The van der Waals surface area contributed by atoms with Crippen molar-refractivity contribution >= 4 is 6.09 Å².